The molecule has 0 heterocycles. The van der Waals surface area contributed by atoms with E-state index in [1.807, 2.05) is 0 Å². The van der Waals surface area contributed by atoms with Crippen LogP contribution < -0.4 is 16.8 Å². The summed E-state index contributed by atoms with van der Waals surface area (Å²) in [5.41, 5.74) is 9.94. The molecule has 0 bridgehead atoms. The fourth-order valence-corrected chi connectivity index (χ4v) is 0.186. The lowest BCUT2D eigenvalue weighted by atomic mass is 10.9. The Labute approximate surface area is 47.3 Å². The number of hydrogen-bond donors (Lipinski definition) is 4. The summed E-state index contributed by atoms with van der Waals surface area (Å²) in [5.74, 6) is -0.144. The minimum atomic E-state index is -0.295. The quantitative estimate of drug-likeness (QED) is 0.226. The molecule has 0 fully saturated rings. The summed E-state index contributed by atoms with van der Waals surface area (Å²) < 4.78 is 0. The van der Waals surface area contributed by atoms with E-state index in [0.29, 0.717) is 0 Å². The van der Waals surface area contributed by atoms with Crippen molar-refractivity contribution >= 4 is 11.9 Å². The first kappa shape index (κ1) is 6.74. The summed E-state index contributed by atoms with van der Waals surface area (Å²) in [6, 6.07) is 0. The van der Waals surface area contributed by atoms with E-state index in [-0.39, 0.29) is 11.9 Å². The van der Waals surface area contributed by atoms with Gasteiger partial charge in [-0.2, -0.15) is 4.99 Å². The third-order valence-corrected chi connectivity index (χ3v) is 0.497. The first-order valence-electron chi connectivity index (χ1n) is 2.02. The third-order valence-electron chi connectivity index (χ3n) is 0.497. The summed E-state index contributed by atoms with van der Waals surface area (Å²) in [6.45, 7) is 0. The van der Waals surface area contributed by atoms with Gasteiger partial charge in [-0.25, -0.2) is 0 Å². The van der Waals surface area contributed by atoms with Crippen LogP contribution in [0.25, 0.3) is 0 Å². The molecule has 0 atom stereocenters. The van der Waals surface area contributed by atoms with Crippen molar-refractivity contribution < 1.29 is 0 Å². The topological polar surface area (TPSA) is 100 Å². The molecule has 6 N–H and O–H groups in total. The molecule has 0 saturated carbocycles. The molecule has 0 aromatic heterocycles. The second-order valence-corrected chi connectivity index (χ2v) is 1.13. The molecule has 0 rings (SSSR count). The lowest BCUT2D eigenvalue weighted by Gasteiger charge is -1.93. The van der Waals surface area contributed by atoms with Crippen LogP contribution in [0, 0.1) is 5.41 Å². The van der Waals surface area contributed by atoms with Crippen LogP contribution >= 0.6 is 0 Å². The summed E-state index contributed by atoms with van der Waals surface area (Å²) >= 11 is 0. The number of nitrogens with one attached hydrogen (secondary N) is 2. The molecule has 0 aliphatic rings. The number of hydrogen-bond acceptors (Lipinski definition) is 1. The van der Waals surface area contributed by atoms with Crippen LogP contribution in [0.5, 0.6) is 0 Å². The van der Waals surface area contributed by atoms with Crippen molar-refractivity contribution in [2.24, 2.45) is 16.5 Å². The van der Waals surface area contributed by atoms with Gasteiger partial charge in [0.2, 0.25) is 5.96 Å². The highest BCUT2D eigenvalue weighted by atomic mass is 15.1. The van der Waals surface area contributed by atoms with Gasteiger partial charge < -0.3 is 16.8 Å². The molecule has 0 aromatic rings. The molecular weight excluding hydrogens is 106 g/mol. The first-order chi connectivity index (χ1) is 3.66. The molecule has 0 amide bonds. The van der Waals surface area contributed by atoms with E-state index >= 15 is 0 Å². The highest BCUT2D eigenvalue weighted by Crippen LogP contribution is 1.60. The lowest BCUT2D eigenvalue weighted by molar-refractivity contribution is 1.14. The van der Waals surface area contributed by atoms with Crippen molar-refractivity contribution in [3.05, 3.63) is 0 Å². The molecule has 5 heteroatoms. The number of rotatable bonds is 0. The molecule has 8 heavy (non-hydrogen) atoms. The van der Waals surface area contributed by atoms with Crippen LogP contribution in [-0.4, -0.2) is 19.0 Å². The predicted octanol–water partition coefficient (Wildman–Crippen LogP) is -1.59. The van der Waals surface area contributed by atoms with E-state index in [2.05, 4.69) is 10.3 Å². The van der Waals surface area contributed by atoms with Crippen LogP contribution in [0.3, 0.4) is 0 Å². The maximum absolute atomic E-state index is 6.60. The Balaban J connectivity index is 3.75. The fourth-order valence-electron chi connectivity index (χ4n) is 0.186. The fraction of sp³-hybridized carbons (Fsp3) is 0.333. The molecule has 0 unspecified atom stereocenters. The predicted molar refractivity (Wildman–Crippen MR) is 32.6 cm³/mol. The Hall–Kier alpha value is -1.26. The summed E-state index contributed by atoms with van der Waals surface area (Å²) in [6.07, 6.45) is 0. The second kappa shape index (κ2) is 2.84. The molecule has 0 aliphatic carbocycles. The standard InChI is InChI=1S/C3H9N5/c1-7-3(6)8-2(4)5/h1H3,(H6,4,5,6,7,8). The Morgan fingerprint density at radius 2 is 2.12 bits per heavy atom. The Kier molecular flexibility index (Phi) is 2.39. The summed E-state index contributed by atoms with van der Waals surface area (Å²) in [7, 11) is 1.60. The molecule has 0 saturated heterocycles. The van der Waals surface area contributed by atoms with Gasteiger partial charge >= 0.3 is 0 Å². The molecular formula is C3H9N5. The van der Waals surface area contributed by atoms with Gasteiger partial charge in [0, 0.05) is 7.05 Å². The summed E-state index contributed by atoms with van der Waals surface area (Å²) in [5, 5.41) is 9.10. The highest BCUT2D eigenvalue weighted by molar-refractivity contribution is 5.91. The minimum Gasteiger partial charge on any atom is -0.370 e. The van der Waals surface area contributed by atoms with Gasteiger partial charge in [-0.15, -0.1) is 0 Å². The zero-order valence-corrected chi connectivity index (χ0v) is 4.60. The van der Waals surface area contributed by atoms with Gasteiger partial charge in [-0.1, -0.05) is 0 Å². The molecule has 0 spiro atoms. The highest BCUT2D eigenvalue weighted by Gasteiger charge is 1.82. The van der Waals surface area contributed by atoms with E-state index in [9.17, 15) is 0 Å². The smallest absolute Gasteiger partial charge is 0.215 e. The van der Waals surface area contributed by atoms with Crippen molar-refractivity contribution in [2.75, 3.05) is 7.05 Å². The van der Waals surface area contributed by atoms with Gasteiger partial charge in [-0.3, -0.25) is 5.41 Å². The zero-order chi connectivity index (χ0) is 6.57. The number of guanidine groups is 2. The maximum atomic E-state index is 6.60. The van der Waals surface area contributed by atoms with Crippen LogP contribution in [-0.2, 0) is 0 Å². The monoisotopic (exact) mass is 115 g/mol. The van der Waals surface area contributed by atoms with Crippen LogP contribution in [0.2, 0.25) is 0 Å². The minimum absolute atomic E-state index is 0.150. The molecule has 46 valence electrons. The van der Waals surface area contributed by atoms with Gasteiger partial charge in [0.25, 0.3) is 0 Å². The SMILES string of the molecule is CNC(N)=NC(=N)N. The van der Waals surface area contributed by atoms with Gasteiger partial charge in [0.05, 0.1) is 0 Å². The van der Waals surface area contributed by atoms with Crippen LogP contribution in [0.1, 0.15) is 0 Å². The average molecular weight is 115 g/mol. The van der Waals surface area contributed by atoms with Crippen LogP contribution in [0.4, 0.5) is 0 Å². The third kappa shape index (κ3) is 2.95. The Bertz CT molecular complexity index is 115. The first-order valence-corrected chi connectivity index (χ1v) is 2.02. The second-order valence-electron chi connectivity index (χ2n) is 1.13. The van der Waals surface area contributed by atoms with Crippen LogP contribution in [0.15, 0.2) is 4.99 Å². The van der Waals surface area contributed by atoms with Gasteiger partial charge in [0.1, 0.15) is 0 Å². The number of aliphatic imine (C=N–C) groups is 1. The van der Waals surface area contributed by atoms with Gasteiger partial charge in [0.15, 0.2) is 5.96 Å². The zero-order valence-electron chi connectivity index (χ0n) is 4.60. The molecule has 0 aliphatic heterocycles. The Morgan fingerprint density at radius 3 is 2.25 bits per heavy atom. The van der Waals surface area contributed by atoms with E-state index in [4.69, 9.17) is 16.9 Å². The van der Waals surface area contributed by atoms with Crippen molar-refractivity contribution in [1.29, 1.82) is 5.41 Å². The van der Waals surface area contributed by atoms with E-state index < -0.39 is 0 Å². The maximum Gasteiger partial charge on any atom is 0.215 e. The lowest BCUT2D eigenvalue weighted by Crippen LogP contribution is -2.29. The van der Waals surface area contributed by atoms with Crippen molar-refractivity contribution in [1.82, 2.24) is 5.32 Å². The van der Waals surface area contributed by atoms with Crippen molar-refractivity contribution in [2.45, 2.75) is 0 Å². The van der Waals surface area contributed by atoms with E-state index in [1.54, 1.807) is 7.05 Å². The van der Waals surface area contributed by atoms with E-state index in [0.717, 1.165) is 0 Å². The largest absolute Gasteiger partial charge is 0.370 e. The normalized spacial score (nSPS) is 10.9. The van der Waals surface area contributed by atoms with E-state index in [1.165, 1.54) is 0 Å². The molecule has 0 aromatic carbocycles. The average Bonchev–Trinajstić information content (AvgIpc) is 1.65. The number of nitrogens with zero attached hydrogens (tertiary/aromatic N) is 1. The Morgan fingerprint density at radius 1 is 1.62 bits per heavy atom. The van der Waals surface area contributed by atoms with Crippen molar-refractivity contribution in [3.63, 3.8) is 0 Å². The summed E-state index contributed by atoms with van der Waals surface area (Å²) in [4.78, 5) is 3.34. The number of nitrogens with two attached hydrogens (primary N) is 2. The molecule has 0 radical (unpaired) electrons. The van der Waals surface area contributed by atoms with Crippen molar-refractivity contribution in [3.8, 4) is 0 Å². The van der Waals surface area contributed by atoms with Gasteiger partial charge in [-0.05, 0) is 0 Å². The molecule has 5 nitrogen and oxygen atoms in total.